The van der Waals surface area contributed by atoms with Crippen LogP contribution in [0.15, 0.2) is 54.7 Å². The molecule has 6 heteroatoms. The quantitative estimate of drug-likeness (QED) is 0.596. The van der Waals surface area contributed by atoms with Gasteiger partial charge in [-0.15, -0.1) is 0 Å². The molecule has 1 saturated heterocycles. The van der Waals surface area contributed by atoms with E-state index in [-0.39, 0.29) is 11.8 Å². The summed E-state index contributed by atoms with van der Waals surface area (Å²) in [6.07, 6.45) is 4.93. The van der Waals surface area contributed by atoms with E-state index in [0.717, 1.165) is 42.3 Å². The van der Waals surface area contributed by atoms with Crippen LogP contribution in [0.1, 0.15) is 39.1 Å². The standard InChI is InChI=1S/C25H29N3O3/c1-26-24(29)20-9-6-8-19(17-20)7-4-5-12-28-18-22(21-10-2-3-11-23(21)28)25(30)27-13-15-31-16-14-27/h2-3,6,8-11,17-18H,4-5,7,12-16H2,1H3,(H,26,29). The van der Waals surface area contributed by atoms with Crippen molar-refractivity contribution in [3.63, 3.8) is 0 Å². The van der Waals surface area contributed by atoms with Crippen molar-refractivity contribution in [3.05, 3.63) is 71.4 Å². The molecule has 2 aromatic carbocycles. The minimum atomic E-state index is -0.0573. The van der Waals surface area contributed by atoms with Gasteiger partial charge in [-0.2, -0.15) is 0 Å². The smallest absolute Gasteiger partial charge is 0.256 e. The number of fused-ring (bicyclic) bond motifs is 1. The topological polar surface area (TPSA) is 63.6 Å². The SMILES string of the molecule is CNC(=O)c1cccc(CCCCn2cc(C(=O)N3CCOCC3)c3ccccc32)c1. The number of hydrogen-bond donors (Lipinski definition) is 1. The molecule has 1 fully saturated rings. The molecular formula is C25H29N3O3. The highest BCUT2D eigenvalue weighted by Gasteiger charge is 2.22. The van der Waals surface area contributed by atoms with E-state index in [1.54, 1.807) is 7.05 Å². The second-order valence-electron chi connectivity index (χ2n) is 7.89. The molecule has 0 saturated carbocycles. The van der Waals surface area contributed by atoms with Crippen LogP contribution in [0.5, 0.6) is 0 Å². The maximum atomic E-state index is 13.1. The molecule has 6 nitrogen and oxygen atoms in total. The summed E-state index contributed by atoms with van der Waals surface area (Å²) in [4.78, 5) is 26.8. The van der Waals surface area contributed by atoms with Crippen LogP contribution in [0.3, 0.4) is 0 Å². The van der Waals surface area contributed by atoms with Crippen molar-refractivity contribution in [1.29, 1.82) is 0 Å². The molecule has 0 atom stereocenters. The monoisotopic (exact) mass is 419 g/mol. The normalized spacial score (nSPS) is 14.0. The predicted molar refractivity (Wildman–Crippen MR) is 121 cm³/mol. The maximum absolute atomic E-state index is 13.1. The summed E-state index contributed by atoms with van der Waals surface area (Å²) in [5.74, 6) is 0.0300. The molecule has 162 valence electrons. The Morgan fingerprint density at radius 1 is 1.03 bits per heavy atom. The van der Waals surface area contributed by atoms with Gasteiger partial charge in [-0.05, 0) is 43.0 Å². The fourth-order valence-corrected chi connectivity index (χ4v) is 4.16. The average Bonchev–Trinajstić information content (AvgIpc) is 3.20. The van der Waals surface area contributed by atoms with Gasteiger partial charge in [-0.3, -0.25) is 9.59 Å². The molecule has 1 aliphatic rings. The number of morpholine rings is 1. The van der Waals surface area contributed by atoms with E-state index >= 15 is 0 Å². The van der Waals surface area contributed by atoms with Gasteiger partial charge >= 0.3 is 0 Å². The van der Waals surface area contributed by atoms with Gasteiger partial charge in [0.25, 0.3) is 11.8 Å². The number of benzene rings is 2. The Bertz CT molecular complexity index is 1070. The van der Waals surface area contributed by atoms with E-state index in [9.17, 15) is 9.59 Å². The lowest BCUT2D eigenvalue weighted by molar-refractivity contribution is 0.0304. The molecule has 0 bridgehead atoms. The summed E-state index contributed by atoms with van der Waals surface area (Å²) >= 11 is 0. The molecule has 0 aliphatic carbocycles. The number of para-hydroxylation sites is 1. The van der Waals surface area contributed by atoms with Crippen LogP contribution in [-0.4, -0.2) is 54.6 Å². The third-order valence-corrected chi connectivity index (χ3v) is 5.85. The van der Waals surface area contributed by atoms with Crippen LogP contribution in [-0.2, 0) is 17.7 Å². The Kier molecular flexibility index (Phi) is 6.67. The molecule has 1 aromatic heterocycles. The maximum Gasteiger partial charge on any atom is 0.256 e. The van der Waals surface area contributed by atoms with Crippen LogP contribution >= 0.6 is 0 Å². The first-order valence-electron chi connectivity index (χ1n) is 10.9. The van der Waals surface area contributed by atoms with Crippen molar-refractivity contribution in [1.82, 2.24) is 14.8 Å². The van der Waals surface area contributed by atoms with Crippen molar-refractivity contribution >= 4 is 22.7 Å². The number of amides is 2. The number of carbonyl (C=O) groups excluding carboxylic acids is 2. The number of nitrogens with one attached hydrogen (secondary N) is 1. The minimum absolute atomic E-state index is 0.0573. The molecule has 2 heterocycles. The predicted octanol–water partition coefficient (Wildman–Crippen LogP) is 3.50. The first-order valence-corrected chi connectivity index (χ1v) is 10.9. The fraction of sp³-hybridized carbons (Fsp3) is 0.360. The zero-order valence-electron chi connectivity index (χ0n) is 18.0. The molecule has 0 radical (unpaired) electrons. The number of aromatic nitrogens is 1. The summed E-state index contributed by atoms with van der Waals surface area (Å²) in [7, 11) is 1.65. The molecule has 2 amide bonds. The van der Waals surface area contributed by atoms with E-state index in [2.05, 4.69) is 22.0 Å². The molecule has 0 unspecified atom stereocenters. The Morgan fingerprint density at radius 3 is 2.65 bits per heavy atom. The van der Waals surface area contributed by atoms with Gasteiger partial charge in [0.05, 0.1) is 18.8 Å². The zero-order valence-corrected chi connectivity index (χ0v) is 18.0. The number of carbonyl (C=O) groups is 2. The second kappa shape index (κ2) is 9.79. The van der Waals surface area contributed by atoms with Crippen molar-refractivity contribution in [2.75, 3.05) is 33.4 Å². The van der Waals surface area contributed by atoms with Gasteiger partial charge in [0.1, 0.15) is 0 Å². The molecule has 0 spiro atoms. The van der Waals surface area contributed by atoms with E-state index in [1.807, 2.05) is 47.5 Å². The molecule has 1 aliphatic heterocycles. The van der Waals surface area contributed by atoms with Crippen LogP contribution in [0.25, 0.3) is 10.9 Å². The number of nitrogens with zero attached hydrogens (tertiary/aromatic N) is 2. The number of unbranched alkanes of at least 4 members (excludes halogenated alkanes) is 1. The average molecular weight is 420 g/mol. The summed E-state index contributed by atoms with van der Waals surface area (Å²) in [6.45, 7) is 3.35. The molecular weight excluding hydrogens is 390 g/mol. The Balaban J connectivity index is 1.42. The largest absolute Gasteiger partial charge is 0.378 e. The van der Waals surface area contributed by atoms with E-state index in [4.69, 9.17) is 4.74 Å². The highest BCUT2D eigenvalue weighted by molar-refractivity contribution is 6.07. The van der Waals surface area contributed by atoms with Crippen molar-refractivity contribution in [3.8, 4) is 0 Å². The highest BCUT2D eigenvalue weighted by Crippen LogP contribution is 2.24. The molecule has 4 rings (SSSR count). The van der Waals surface area contributed by atoms with Crippen LogP contribution < -0.4 is 5.32 Å². The third kappa shape index (κ3) is 4.80. The molecule has 1 N–H and O–H groups in total. The lowest BCUT2D eigenvalue weighted by Crippen LogP contribution is -2.40. The van der Waals surface area contributed by atoms with Crippen molar-refractivity contribution < 1.29 is 14.3 Å². The lowest BCUT2D eigenvalue weighted by atomic mass is 10.0. The number of aryl methyl sites for hydroxylation is 2. The third-order valence-electron chi connectivity index (χ3n) is 5.85. The first kappa shape index (κ1) is 21.1. The van der Waals surface area contributed by atoms with E-state index in [0.29, 0.717) is 31.9 Å². The Labute approximate surface area is 182 Å². The van der Waals surface area contributed by atoms with Crippen LogP contribution in [0.2, 0.25) is 0 Å². The van der Waals surface area contributed by atoms with Crippen molar-refractivity contribution in [2.24, 2.45) is 0 Å². The van der Waals surface area contributed by atoms with Gasteiger partial charge in [0, 0.05) is 49.3 Å². The highest BCUT2D eigenvalue weighted by atomic mass is 16.5. The van der Waals surface area contributed by atoms with Gasteiger partial charge in [-0.25, -0.2) is 0 Å². The van der Waals surface area contributed by atoms with Crippen LogP contribution in [0, 0.1) is 0 Å². The van der Waals surface area contributed by atoms with Gasteiger partial charge in [0.15, 0.2) is 0 Å². The summed E-state index contributed by atoms with van der Waals surface area (Å²) in [5, 5.41) is 3.68. The number of ether oxygens (including phenoxy) is 1. The molecule has 3 aromatic rings. The summed E-state index contributed by atoms with van der Waals surface area (Å²) < 4.78 is 7.58. The summed E-state index contributed by atoms with van der Waals surface area (Å²) in [6, 6.07) is 15.9. The zero-order chi connectivity index (χ0) is 21.6. The minimum Gasteiger partial charge on any atom is -0.378 e. The number of hydrogen-bond acceptors (Lipinski definition) is 3. The number of rotatable bonds is 7. The Hall–Kier alpha value is -3.12. The van der Waals surface area contributed by atoms with Crippen molar-refractivity contribution in [2.45, 2.75) is 25.8 Å². The second-order valence-corrected chi connectivity index (χ2v) is 7.89. The van der Waals surface area contributed by atoms with Gasteiger partial charge in [0.2, 0.25) is 0 Å². The Morgan fingerprint density at radius 2 is 1.84 bits per heavy atom. The van der Waals surface area contributed by atoms with E-state index in [1.165, 1.54) is 5.56 Å². The molecule has 31 heavy (non-hydrogen) atoms. The van der Waals surface area contributed by atoms with Crippen LogP contribution in [0.4, 0.5) is 0 Å². The fourth-order valence-electron chi connectivity index (χ4n) is 4.16. The van der Waals surface area contributed by atoms with Gasteiger partial charge in [-0.1, -0.05) is 30.3 Å². The van der Waals surface area contributed by atoms with E-state index < -0.39 is 0 Å². The first-order chi connectivity index (χ1) is 15.2. The lowest BCUT2D eigenvalue weighted by Gasteiger charge is -2.26. The van der Waals surface area contributed by atoms with Gasteiger partial charge < -0.3 is 19.5 Å². The summed E-state index contributed by atoms with van der Waals surface area (Å²) in [5.41, 5.74) is 3.74.